The highest BCUT2D eigenvalue weighted by molar-refractivity contribution is 5.99. The van der Waals surface area contributed by atoms with E-state index in [-0.39, 0.29) is 18.5 Å². The highest BCUT2D eigenvalue weighted by Crippen LogP contribution is 2.19. The number of carbonyl (C=O) groups excluding carboxylic acids is 2. The second-order valence-electron chi connectivity index (χ2n) is 7.98. The van der Waals surface area contributed by atoms with Crippen LogP contribution in [-0.4, -0.2) is 42.3 Å². The molecule has 0 aliphatic carbocycles. The molecule has 1 aromatic carbocycles. The Morgan fingerprint density at radius 2 is 1.88 bits per heavy atom. The number of hydrogen-bond donors (Lipinski definition) is 1. The van der Waals surface area contributed by atoms with Crippen LogP contribution < -0.4 is 15.0 Å². The van der Waals surface area contributed by atoms with Gasteiger partial charge < -0.3 is 19.7 Å². The number of pyridine rings is 1. The number of nitrogens with zero attached hydrogens (tertiary/aromatic N) is 2. The van der Waals surface area contributed by atoms with Gasteiger partial charge in [-0.1, -0.05) is 6.08 Å². The number of anilines is 1. The monoisotopic (exact) mass is 447 g/mol. The number of amides is 2. The van der Waals surface area contributed by atoms with Crippen LogP contribution in [0.15, 0.2) is 49.2 Å². The number of ether oxygens (including phenoxy) is 2. The smallest absolute Gasteiger partial charge is 0.408 e. The molecule has 1 heterocycles. The van der Waals surface area contributed by atoms with Crippen LogP contribution in [0.1, 0.15) is 26.3 Å². The normalized spacial score (nSPS) is 11.9. The lowest BCUT2D eigenvalue weighted by Crippen LogP contribution is -2.51. The zero-order valence-electron chi connectivity index (χ0n) is 18.5. The molecule has 0 unspecified atom stereocenters. The van der Waals surface area contributed by atoms with Gasteiger partial charge in [0.2, 0.25) is 11.8 Å². The molecular weight excluding hydrogens is 420 g/mol. The minimum Gasteiger partial charge on any atom is -0.481 e. The Hall–Kier alpha value is -3.49. The van der Waals surface area contributed by atoms with Gasteiger partial charge in [0, 0.05) is 25.1 Å². The van der Waals surface area contributed by atoms with Crippen LogP contribution >= 0.6 is 0 Å². The molecule has 2 rings (SSSR count). The minimum absolute atomic E-state index is 0.108. The summed E-state index contributed by atoms with van der Waals surface area (Å²) < 4.78 is 37.7. The number of methoxy groups -OCH3 is 1. The van der Waals surface area contributed by atoms with Crippen molar-refractivity contribution >= 4 is 17.7 Å². The molecule has 1 aromatic heterocycles. The molecule has 1 atom stereocenters. The molecule has 32 heavy (non-hydrogen) atoms. The third-order valence-corrected chi connectivity index (χ3v) is 4.17. The average molecular weight is 447 g/mol. The molecule has 0 fully saturated rings. The number of rotatable bonds is 8. The van der Waals surface area contributed by atoms with E-state index in [1.807, 2.05) is 0 Å². The van der Waals surface area contributed by atoms with Gasteiger partial charge in [0.15, 0.2) is 0 Å². The van der Waals surface area contributed by atoms with Crippen molar-refractivity contribution in [1.29, 1.82) is 0 Å². The molecule has 2 amide bonds. The maximum Gasteiger partial charge on any atom is 0.408 e. The Kier molecular flexibility index (Phi) is 8.28. The summed E-state index contributed by atoms with van der Waals surface area (Å²) in [6.07, 6.45) is 1.95. The molecular formula is C23H27F2N3O4. The molecule has 0 saturated carbocycles. The standard InChI is InChI=1S/C23H27F2N3O4/c1-6-9-28(18-7-8-20(31-5)26-14-18)21(29)19(27-22(30)32-23(2,3)4)12-15-10-16(24)13-17(25)11-15/h6-8,10-11,13-14,19H,1,9,12H2,2-5H3,(H,27,30)/t19-/m0/s1. The Balaban J connectivity index is 2.37. The first-order chi connectivity index (χ1) is 15.0. The van der Waals surface area contributed by atoms with Crippen LogP contribution in [0.4, 0.5) is 19.3 Å². The van der Waals surface area contributed by atoms with Crippen molar-refractivity contribution in [2.45, 2.75) is 38.8 Å². The predicted molar refractivity (Wildman–Crippen MR) is 117 cm³/mol. The SMILES string of the molecule is C=CCN(C(=O)[C@H](Cc1cc(F)cc(F)c1)NC(=O)OC(C)(C)C)c1ccc(OC)nc1. The van der Waals surface area contributed by atoms with Crippen molar-refractivity contribution < 1.29 is 27.8 Å². The van der Waals surface area contributed by atoms with Gasteiger partial charge in [0.1, 0.15) is 23.3 Å². The average Bonchev–Trinajstić information content (AvgIpc) is 2.69. The third kappa shape index (κ3) is 7.33. The summed E-state index contributed by atoms with van der Waals surface area (Å²) in [6.45, 7) is 8.81. The van der Waals surface area contributed by atoms with Crippen LogP contribution in [0.2, 0.25) is 0 Å². The number of halogens is 2. The molecule has 0 aliphatic rings. The van der Waals surface area contributed by atoms with Crippen molar-refractivity contribution in [2.24, 2.45) is 0 Å². The Labute approximate surface area is 186 Å². The van der Waals surface area contributed by atoms with Gasteiger partial charge in [-0.3, -0.25) is 4.79 Å². The first kappa shape index (κ1) is 24.8. The summed E-state index contributed by atoms with van der Waals surface area (Å²) in [5, 5.41) is 2.52. The van der Waals surface area contributed by atoms with E-state index in [1.165, 1.54) is 24.3 Å². The van der Waals surface area contributed by atoms with E-state index in [0.717, 1.165) is 18.2 Å². The zero-order chi connectivity index (χ0) is 23.9. The number of hydrogen-bond acceptors (Lipinski definition) is 5. The second kappa shape index (κ2) is 10.7. The van der Waals surface area contributed by atoms with E-state index in [9.17, 15) is 18.4 Å². The Bertz CT molecular complexity index is 938. The van der Waals surface area contributed by atoms with Crippen LogP contribution in [0, 0.1) is 11.6 Å². The van der Waals surface area contributed by atoms with Crippen molar-refractivity contribution in [2.75, 3.05) is 18.6 Å². The van der Waals surface area contributed by atoms with Gasteiger partial charge in [0.25, 0.3) is 0 Å². The number of benzene rings is 1. The van der Waals surface area contributed by atoms with Crippen LogP contribution in [0.25, 0.3) is 0 Å². The van der Waals surface area contributed by atoms with Crippen LogP contribution in [0.5, 0.6) is 5.88 Å². The van der Waals surface area contributed by atoms with E-state index in [4.69, 9.17) is 9.47 Å². The van der Waals surface area contributed by atoms with Gasteiger partial charge in [-0.05, 0) is 44.5 Å². The lowest BCUT2D eigenvalue weighted by Gasteiger charge is -2.28. The second-order valence-corrected chi connectivity index (χ2v) is 7.98. The molecule has 172 valence electrons. The van der Waals surface area contributed by atoms with Gasteiger partial charge in [-0.2, -0.15) is 0 Å². The van der Waals surface area contributed by atoms with E-state index in [2.05, 4.69) is 16.9 Å². The van der Waals surface area contributed by atoms with Gasteiger partial charge in [-0.25, -0.2) is 18.6 Å². The zero-order valence-corrected chi connectivity index (χ0v) is 18.5. The molecule has 0 saturated heterocycles. The minimum atomic E-state index is -1.17. The molecule has 2 aromatic rings. The summed E-state index contributed by atoms with van der Waals surface area (Å²) in [4.78, 5) is 31.3. The highest BCUT2D eigenvalue weighted by Gasteiger charge is 2.29. The molecule has 0 radical (unpaired) electrons. The fourth-order valence-corrected chi connectivity index (χ4v) is 2.91. The molecule has 7 nitrogen and oxygen atoms in total. The van der Waals surface area contributed by atoms with E-state index >= 15 is 0 Å². The quantitative estimate of drug-likeness (QED) is 0.618. The van der Waals surface area contributed by atoms with Crippen LogP contribution in [-0.2, 0) is 16.0 Å². The third-order valence-electron chi connectivity index (χ3n) is 4.17. The molecule has 0 bridgehead atoms. The predicted octanol–water partition coefficient (Wildman–Crippen LogP) is 4.02. The molecule has 1 N–H and O–H groups in total. The first-order valence-corrected chi connectivity index (χ1v) is 9.89. The topological polar surface area (TPSA) is 80.8 Å². The molecule has 0 aliphatic heterocycles. The van der Waals surface area contributed by atoms with Crippen LogP contribution in [0.3, 0.4) is 0 Å². The number of nitrogens with one attached hydrogen (secondary N) is 1. The number of carbonyl (C=O) groups is 2. The summed E-state index contributed by atoms with van der Waals surface area (Å²) in [5.41, 5.74) is -0.177. The van der Waals surface area contributed by atoms with E-state index < -0.39 is 35.3 Å². The fraction of sp³-hybridized carbons (Fsp3) is 0.348. The van der Waals surface area contributed by atoms with Crippen molar-refractivity contribution in [3.63, 3.8) is 0 Å². The number of aromatic nitrogens is 1. The summed E-state index contributed by atoms with van der Waals surface area (Å²) >= 11 is 0. The molecule has 0 spiro atoms. The summed E-state index contributed by atoms with van der Waals surface area (Å²) in [5.74, 6) is -1.75. The first-order valence-electron chi connectivity index (χ1n) is 9.89. The largest absolute Gasteiger partial charge is 0.481 e. The van der Waals surface area contributed by atoms with Crippen molar-refractivity contribution in [3.8, 4) is 5.88 Å². The lowest BCUT2D eigenvalue weighted by molar-refractivity contribution is -0.120. The molecule has 9 heteroatoms. The Morgan fingerprint density at radius 3 is 2.38 bits per heavy atom. The summed E-state index contributed by atoms with van der Waals surface area (Å²) in [6, 6.07) is 4.97. The Morgan fingerprint density at radius 1 is 1.22 bits per heavy atom. The van der Waals surface area contributed by atoms with Crippen molar-refractivity contribution in [3.05, 3.63) is 66.4 Å². The van der Waals surface area contributed by atoms with Gasteiger partial charge >= 0.3 is 6.09 Å². The maximum absolute atomic E-state index is 13.7. The van der Waals surface area contributed by atoms with E-state index in [0.29, 0.717) is 11.6 Å². The maximum atomic E-state index is 13.7. The van der Waals surface area contributed by atoms with Crippen molar-refractivity contribution in [1.82, 2.24) is 10.3 Å². The van der Waals surface area contributed by atoms with Gasteiger partial charge in [0.05, 0.1) is 19.0 Å². The number of alkyl carbamates (subject to hydrolysis) is 1. The lowest BCUT2D eigenvalue weighted by atomic mass is 10.0. The summed E-state index contributed by atoms with van der Waals surface area (Å²) in [7, 11) is 1.47. The van der Waals surface area contributed by atoms with Gasteiger partial charge in [-0.15, -0.1) is 6.58 Å². The fourth-order valence-electron chi connectivity index (χ4n) is 2.91. The van der Waals surface area contributed by atoms with E-state index in [1.54, 1.807) is 32.9 Å². The highest BCUT2D eigenvalue weighted by atomic mass is 19.1.